The number of halogens is 1. The van der Waals surface area contributed by atoms with Crippen molar-refractivity contribution in [3.05, 3.63) is 57.4 Å². The Morgan fingerprint density at radius 1 is 1.33 bits per heavy atom. The number of aliphatic hydroxyl groups excluding tert-OH is 1. The Labute approximate surface area is 130 Å². The number of carbonyl (C=O) groups excluding carboxylic acids is 1. The fourth-order valence-corrected chi connectivity index (χ4v) is 3.03. The topological polar surface area (TPSA) is 62.5 Å². The maximum atomic E-state index is 12.0. The zero-order chi connectivity index (χ0) is 14.8. The SMILES string of the molecule is O=C(NCC(O)c1ccc(Cl)s1)c1cc2ccccc2o1. The van der Waals surface area contributed by atoms with Crippen LogP contribution in [0.1, 0.15) is 21.5 Å². The number of rotatable bonds is 4. The fraction of sp³-hybridized carbons (Fsp3) is 0.133. The van der Waals surface area contributed by atoms with Gasteiger partial charge in [0, 0.05) is 16.8 Å². The first-order valence-electron chi connectivity index (χ1n) is 6.33. The molecule has 6 heteroatoms. The maximum Gasteiger partial charge on any atom is 0.287 e. The molecule has 3 rings (SSSR count). The van der Waals surface area contributed by atoms with E-state index in [2.05, 4.69) is 5.32 Å². The van der Waals surface area contributed by atoms with E-state index in [9.17, 15) is 9.90 Å². The van der Waals surface area contributed by atoms with Gasteiger partial charge in [-0.1, -0.05) is 29.8 Å². The van der Waals surface area contributed by atoms with E-state index in [0.717, 1.165) is 5.39 Å². The average Bonchev–Trinajstić information content (AvgIpc) is 3.10. The van der Waals surface area contributed by atoms with Crippen LogP contribution in [0.15, 0.2) is 46.9 Å². The van der Waals surface area contributed by atoms with Crippen molar-refractivity contribution >= 4 is 39.8 Å². The number of hydrogen-bond acceptors (Lipinski definition) is 4. The molecule has 1 atom stereocenters. The Hall–Kier alpha value is -1.82. The summed E-state index contributed by atoms with van der Waals surface area (Å²) in [7, 11) is 0. The molecule has 1 amide bonds. The molecule has 0 bridgehead atoms. The summed E-state index contributed by atoms with van der Waals surface area (Å²) in [6.45, 7) is 0.104. The lowest BCUT2D eigenvalue weighted by Crippen LogP contribution is -2.27. The number of amides is 1. The van der Waals surface area contributed by atoms with Crippen LogP contribution >= 0.6 is 22.9 Å². The third-order valence-electron chi connectivity index (χ3n) is 3.03. The summed E-state index contributed by atoms with van der Waals surface area (Å²) in [6.07, 6.45) is -0.782. The Morgan fingerprint density at radius 2 is 2.14 bits per heavy atom. The molecular weight excluding hydrogens is 310 g/mol. The van der Waals surface area contributed by atoms with Gasteiger partial charge in [-0.15, -0.1) is 11.3 Å². The lowest BCUT2D eigenvalue weighted by Gasteiger charge is -2.08. The van der Waals surface area contributed by atoms with E-state index >= 15 is 0 Å². The minimum atomic E-state index is -0.782. The molecule has 0 fully saturated rings. The summed E-state index contributed by atoms with van der Waals surface area (Å²) in [5.41, 5.74) is 0.660. The van der Waals surface area contributed by atoms with Crippen LogP contribution in [0.4, 0.5) is 0 Å². The largest absolute Gasteiger partial charge is 0.451 e. The first-order chi connectivity index (χ1) is 10.1. The number of hydrogen-bond donors (Lipinski definition) is 2. The number of furan rings is 1. The van der Waals surface area contributed by atoms with Crippen molar-refractivity contribution in [3.63, 3.8) is 0 Å². The molecule has 21 heavy (non-hydrogen) atoms. The Morgan fingerprint density at radius 3 is 2.86 bits per heavy atom. The van der Waals surface area contributed by atoms with Gasteiger partial charge in [0.1, 0.15) is 11.7 Å². The van der Waals surface area contributed by atoms with Crippen molar-refractivity contribution in [1.29, 1.82) is 0 Å². The minimum Gasteiger partial charge on any atom is -0.451 e. The molecule has 0 radical (unpaired) electrons. The molecule has 0 aliphatic rings. The minimum absolute atomic E-state index is 0.104. The standard InChI is InChI=1S/C15H12ClNO3S/c16-14-6-5-13(21-14)10(18)8-17-15(19)12-7-9-3-1-2-4-11(9)20-12/h1-7,10,18H,8H2,(H,17,19). The second-order valence-electron chi connectivity index (χ2n) is 4.52. The maximum absolute atomic E-state index is 12.0. The van der Waals surface area contributed by atoms with Crippen molar-refractivity contribution in [1.82, 2.24) is 5.32 Å². The number of thiophene rings is 1. The predicted octanol–water partition coefficient (Wildman–Crippen LogP) is 3.61. The molecule has 108 valence electrons. The van der Waals surface area contributed by atoms with Gasteiger partial charge >= 0.3 is 0 Å². The van der Waals surface area contributed by atoms with Crippen molar-refractivity contribution in [2.24, 2.45) is 0 Å². The van der Waals surface area contributed by atoms with Crippen LogP contribution in [0.3, 0.4) is 0 Å². The molecule has 0 aliphatic carbocycles. The van der Waals surface area contributed by atoms with Crippen molar-refractivity contribution < 1.29 is 14.3 Å². The molecule has 0 aliphatic heterocycles. The monoisotopic (exact) mass is 321 g/mol. The van der Waals surface area contributed by atoms with Gasteiger partial charge in [-0.25, -0.2) is 0 Å². The number of fused-ring (bicyclic) bond motifs is 1. The van der Waals surface area contributed by atoms with Gasteiger partial charge in [-0.05, 0) is 24.3 Å². The van der Waals surface area contributed by atoms with E-state index in [4.69, 9.17) is 16.0 Å². The summed E-state index contributed by atoms with van der Waals surface area (Å²) in [6, 6.07) is 12.5. The molecule has 2 heterocycles. The average molecular weight is 322 g/mol. The van der Waals surface area contributed by atoms with E-state index in [-0.39, 0.29) is 18.2 Å². The van der Waals surface area contributed by atoms with Crippen LogP contribution in [0.2, 0.25) is 4.34 Å². The highest BCUT2D eigenvalue weighted by Gasteiger charge is 2.15. The summed E-state index contributed by atoms with van der Waals surface area (Å²) >= 11 is 7.10. The zero-order valence-electron chi connectivity index (χ0n) is 10.9. The van der Waals surface area contributed by atoms with Crippen molar-refractivity contribution in [2.45, 2.75) is 6.10 Å². The molecule has 2 N–H and O–H groups in total. The smallest absolute Gasteiger partial charge is 0.287 e. The lowest BCUT2D eigenvalue weighted by atomic mass is 10.2. The molecule has 4 nitrogen and oxygen atoms in total. The molecule has 1 unspecified atom stereocenters. The molecular formula is C15H12ClNO3S. The third-order valence-corrected chi connectivity index (χ3v) is 4.36. The van der Waals surface area contributed by atoms with Crippen LogP contribution < -0.4 is 5.32 Å². The second kappa shape index (κ2) is 5.89. The zero-order valence-corrected chi connectivity index (χ0v) is 12.4. The number of benzene rings is 1. The molecule has 0 spiro atoms. The first kappa shape index (κ1) is 14.1. The van der Waals surface area contributed by atoms with Crippen LogP contribution in [-0.4, -0.2) is 17.6 Å². The number of aliphatic hydroxyl groups is 1. The number of para-hydroxylation sites is 1. The summed E-state index contributed by atoms with van der Waals surface area (Å²) in [4.78, 5) is 12.7. The number of carbonyl (C=O) groups is 1. The van der Waals surface area contributed by atoms with E-state index in [1.165, 1.54) is 11.3 Å². The molecule has 1 aromatic carbocycles. The van der Waals surface area contributed by atoms with Crippen LogP contribution in [0.25, 0.3) is 11.0 Å². The van der Waals surface area contributed by atoms with E-state index < -0.39 is 6.10 Å². The second-order valence-corrected chi connectivity index (χ2v) is 6.26. The van der Waals surface area contributed by atoms with Crippen LogP contribution in [0.5, 0.6) is 0 Å². The van der Waals surface area contributed by atoms with Gasteiger partial charge in [0.2, 0.25) is 0 Å². The fourth-order valence-electron chi connectivity index (χ4n) is 1.98. The number of nitrogens with one attached hydrogen (secondary N) is 1. The highest BCUT2D eigenvalue weighted by atomic mass is 35.5. The Balaban J connectivity index is 1.66. The van der Waals surface area contributed by atoms with Gasteiger partial charge < -0.3 is 14.8 Å². The first-order valence-corrected chi connectivity index (χ1v) is 7.53. The van der Waals surface area contributed by atoms with Crippen LogP contribution in [-0.2, 0) is 0 Å². The van der Waals surface area contributed by atoms with Gasteiger partial charge in [-0.3, -0.25) is 4.79 Å². The van der Waals surface area contributed by atoms with E-state index in [1.54, 1.807) is 24.3 Å². The van der Waals surface area contributed by atoms with Gasteiger partial charge in [0.25, 0.3) is 5.91 Å². The summed E-state index contributed by atoms with van der Waals surface area (Å²) in [5, 5.41) is 13.5. The quantitative estimate of drug-likeness (QED) is 0.771. The third kappa shape index (κ3) is 3.10. The Bertz CT molecular complexity index is 747. The van der Waals surface area contributed by atoms with Crippen LogP contribution in [0, 0.1) is 0 Å². The predicted molar refractivity (Wildman–Crippen MR) is 82.8 cm³/mol. The van der Waals surface area contributed by atoms with Gasteiger partial charge in [0.15, 0.2) is 5.76 Å². The summed E-state index contributed by atoms with van der Waals surface area (Å²) < 4.78 is 6.06. The van der Waals surface area contributed by atoms with Gasteiger partial charge in [0.05, 0.1) is 4.34 Å². The highest BCUT2D eigenvalue weighted by molar-refractivity contribution is 7.16. The van der Waals surface area contributed by atoms with Crippen molar-refractivity contribution in [3.8, 4) is 0 Å². The molecule has 2 aromatic heterocycles. The normalized spacial score (nSPS) is 12.5. The van der Waals surface area contributed by atoms with E-state index in [1.807, 2.05) is 18.2 Å². The Kier molecular flexibility index (Phi) is 3.96. The summed E-state index contributed by atoms with van der Waals surface area (Å²) in [5.74, 6) is -0.125. The van der Waals surface area contributed by atoms with Crippen molar-refractivity contribution in [2.75, 3.05) is 6.54 Å². The lowest BCUT2D eigenvalue weighted by molar-refractivity contribution is 0.0893. The van der Waals surface area contributed by atoms with E-state index in [0.29, 0.717) is 14.8 Å². The molecule has 0 saturated carbocycles. The highest BCUT2D eigenvalue weighted by Crippen LogP contribution is 2.26. The molecule has 3 aromatic rings. The molecule has 0 saturated heterocycles. The van der Waals surface area contributed by atoms with Gasteiger partial charge in [-0.2, -0.15) is 0 Å².